The van der Waals surface area contributed by atoms with Crippen molar-refractivity contribution in [3.05, 3.63) is 72.3 Å². The maximum absolute atomic E-state index is 11.3. The molecule has 0 spiro atoms. The molecular formula is C17H15NO4. The smallest absolute Gasteiger partial charge is 0.328 e. The van der Waals surface area contributed by atoms with Crippen LogP contribution in [0.2, 0.25) is 0 Å². The lowest BCUT2D eigenvalue weighted by Gasteiger charge is -2.07. The minimum atomic E-state index is -1.16. The SMILES string of the molecule is O=C(O)/C=C\C(=O)NCc1ccc(Oc2ccccc2)cc1. The van der Waals surface area contributed by atoms with Gasteiger partial charge in [-0.15, -0.1) is 0 Å². The number of nitrogens with one attached hydrogen (secondary N) is 1. The molecule has 0 atom stereocenters. The van der Waals surface area contributed by atoms with Gasteiger partial charge in [-0.1, -0.05) is 30.3 Å². The minimum absolute atomic E-state index is 0.314. The van der Waals surface area contributed by atoms with Crippen LogP contribution < -0.4 is 10.1 Å². The van der Waals surface area contributed by atoms with Crippen molar-refractivity contribution in [2.75, 3.05) is 0 Å². The molecule has 2 aromatic carbocycles. The highest BCUT2D eigenvalue weighted by Crippen LogP contribution is 2.20. The Morgan fingerprint density at radius 1 is 0.955 bits per heavy atom. The third-order valence-electron chi connectivity index (χ3n) is 2.75. The number of para-hydroxylation sites is 1. The van der Waals surface area contributed by atoms with Crippen LogP contribution >= 0.6 is 0 Å². The zero-order valence-corrected chi connectivity index (χ0v) is 11.7. The Morgan fingerprint density at radius 3 is 2.23 bits per heavy atom. The third kappa shape index (κ3) is 5.13. The van der Waals surface area contributed by atoms with E-state index in [9.17, 15) is 9.59 Å². The molecule has 0 aliphatic carbocycles. The fourth-order valence-corrected chi connectivity index (χ4v) is 1.70. The number of carboxylic acids is 1. The van der Waals surface area contributed by atoms with Crippen LogP contribution in [0.5, 0.6) is 11.5 Å². The van der Waals surface area contributed by atoms with Crippen molar-refractivity contribution in [2.45, 2.75) is 6.54 Å². The summed E-state index contributed by atoms with van der Waals surface area (Å²) >= 11 is 0. The van der Waals surface area contributed by atoms with Gasteiger partial charge in [0.2, 0.25) is 5.91 Å². The Balaban J connectivity index is 1.87. The van der Waals surface area contributed by atoms with E-state index in [2.05, 4.69) is 5.32 Å². The number of hydrogen-bond donors (Lipinski definition) is 2. The summed E-state index contributed by atoms with van der Waals surface area (Å²) in [6.45, 7) is 0.314. The summed E-state index contributed by atoms with van der Waals surface area (Å²) in [4.78, 5) is 21.6. The van der Waals surface area contributed by atoms with E-state index in [1.165, 1.54) is 0 Å². The van der Waals surface area contributed by atoms with Crippen LogP contribution in [0.4, 0.5) is 0 Å². The lowest BCUT2D eigenvalue weighted by molar-refractivity contribution is -0.131. The molecule has 0 aliphatic heterocycles. The van der Waals surface area contributed by atoms with Crippen LogP contribution in [-0.4, -0.2) is 17.0 Å². The van der Waals surface area contributed by atoms with Gasteiger partial charge in [0, 0.05) is 18.7 Å². The first-order valence-corrected chi connectivity index (χ1v) is 6.64. The number of hydrogen-bond acceptors (Lipinski definition) is 3. The summed E-state index contributed by atoms with van der Waals surface area (Å²) in [6.07, 6.45) is 1.78. The van der Waals surface area contributed by atoms with E-state index < -0.39 is 11.9 Å². The number of rotatable bonds is 6. The fraction of sp³-hybridized carbons (Fsp3) is 0.0588. The standard InChI is InChI=1S/C17H15NO4/c19-16(10-11-17(20)21)18-12-13-6-8-15(9-7-13)22-14-4-2-1-3-5-14/h1-11H,12H2,(H,18,19)(H,20,21)/b11-10-. The van der Waals surface area contributed by atoms with Crippen LogP contribution in [-0.2, 0) is 16.1 Å². The second-order valence-corrected chi connectivity index (χ2v) is 4.45. The lowest BCUT2D eigenvalue weighted by atomic mass is 10.2. The lowest BCUT2D eigenvalue weighted by Crippen LogP contribution is -2.20. The largest absolute Gasteiger partial charge is 0.478 e. The third-order valence-corrected chi connectivity index (χ3v) is 2.75. The quantitative estimate of drug-likeness (QED) is 0.804. The molecule has 2 N–H and O–H groups in total. The topological polar surface area (TPSA) is 75.6 Å². The number of carbonyl (C=O) groups excluding carboxylic acids is 1. The van der Waals surface area contributed by atoms with Gasteiger partial charge >= 0.3 is 5.97 Å². The molecule has 2 aromatic rings. The van der Waals surface area contributed by atoms with Crippen LogP contribution in [0.25, 0.3) is 0 Å². The summed E-state index contributed by atoms with van der Waals surface area (Å²) in [6, 6.07) is 16.7. The van der Waals surface area contributed by atoms with Gasteiger partial charge in [0.15, 0.2) is 0 Å². The van der Waals surface area contributed by atoms with Gasteiger partial charge in [0.25, 0.3) is 0 Å². The summed E-state index contributed by atoms with van der Waals surface area (Å²) < 4.78 is 5.66. The van der Waals surface area contributed by atoms with E-state index in [0.29, 0.717) is 12.3 Å². The van der Waals surface area contributed by atoms with Crippen LogP contribution in [0.3, 0.4) is 0 Å². The maximum Gasteiger partial charge on any atom is 0.328 e. The molecule has 2 rings (SSSR count). The second kappa shape index (κ2) is 7.64. The molecule has 22 heavy (non-hydrogen) atoms. The molecule has 5 nitrogen and oxygen atoms in total. The number of ether oxygens (including phenoxy) is 1. The van der Waals surface area contributed by atoms with Crippen molar-refractivity contribution in [3.8, 4) is 11.5 Å². The molecule has 0 heterocycles. The fourth-order valence-electron chi connectivity index (χ4n) is 1.70. The molecule has 0 saturated carbocycles. The molecular weight excluding hydrogens is 282 g/mol. The Hall–Kier alpha value is -3.08. The summed E-state index contributed by atoms with van der Waals surface area (Å²) in [7, 11) is 0. The zero-order chi connectivity index (χ0) is 15.8. The highest BCUT2D eigenvalue weighted by atomic mass is 16.5. The average molecular weight is 297 g/mol. The van der Waals surface area contributed by atoms with E-state index in [4.69, 9.17) is 9.84 Å². The molecule has 1 amide bonds. The molecule has 5 heteroatoms. The van der Waals surface area contributed by atoms with E-state index in [-0.39, 0.29) is 0 Å². The number of aliphatic carboxylic acids is 1. The maximum atomic E-state index is 11.3. The van der Waals surface area contributed by atoms with Crippen molar-refractivity contribution in [1.82, 2.24) is 5.32 Å². The van der Waals surface area contributed by atoms with Gasteiger partial charge in [-0.05, 0) is 29.8 Å². The molecule has 0 radical (unpaired) electrons. The zero-order valence-electron chi connectivity index (χ0n) is 11.7. The van der Waals surface area contributed by atoms with Gasteiger partial charge in [-0.3, -0.25) is 4.79 Å². The highest BCUT2D eigenvalue weighted by molar-refractivity contribution is 5.93. The van der Waals surface area contributed by atoms with Crippen molar-refractivity contribution < 1.29 is 19.4 Å². The molecule has 112 valence electrons. The Morgan fingerprint density at radius 2 is 1.59 bits per heavy atom. The van der Waals surface area contributed by atoms with E-state index in [1.807, 2.05) is 54.6 Å². The number of amides is 1. The predicted molar refractivity (Wildman–Crippen MR) is 81.6 cm³/mol. The minimum Gasteiger partial charge on any atom is -0.478 e. The van der Waals surface area contributed by atoms with Gasteiger partial charge < -0.3 is 15.2 Å². The van der Waals surface area contributed by atoms with Crippen molar-refractivity contribution >= 4 is 11.9 Å². The van der Waals surface area contributed by atoms with E-state index in [1.54, 1.807) is 0 Å². The number of carboxylic acid groups (broad SMARTS) is 1. The Labute approximate surface area is 127 Å². The van der Waals surface area contributed by atoms with Crippen molar-refractivity contribution in [2.24, 2.45) is 0 Å². The van der Waals surface area contributed by atoms with Crippen LogP contribution in [0, 0.1) is 0 Å². The molecule has 0 unspecified atom stereocenters. The Kier molecular flexibility index (Phi) is 5.31. The van der Waals surface area contributed by atoms with Crippen LogP contribution in [0.15, 0.2) is 66.7 Å². The predicted octanol–water partition coefficient (Wildman–Crippen LogP) is 2.74. The molecule has 0 fully saturated rings. The molecule has 0 bridgehead atoms. The van der Waals surface area contributed by atoms with Crippen molar-refractivity contribution in [3.63, 3.8) is 0 Å². The summed E-state index contributed by atoms with van der Waals surface area (Å²) in [5.41, 5.74) is 0.887. The van der Waals surface area contributed by atoms with Gasteiger partial charge in [-0.25, -0.2) is 4.79 Å². The monoisotopic (exact) mass is 297 g/mol. The average Bonchev–Trinajstić information content (AvgIpc) is 2.53. The highest BCUT2D eigenvalue weighted by Gasteiger charge is 2.00. The van der Waals surface area contributed by atoms with Gasteiger partial charge in [0.1, 0.15) is 11.5 Å². The summed E-state index contributed by atoms with van der Waals surface area (Å²) in [5, 5.41) is 11.0. The van der Waals surface area contributed by atoms with Gasteiger partial charge in [-0.2, -0.15) is 0 Å². The first-order valence-electron chi connectivity index (χ1n) is 6.64. The van der Waals surface area contributed by atoms with Crippen LogP contribution in [0.1, 0.15) is 5.56 Å². The summed E-state index contributed by atoms with van der Waals surface area (Å²) in [5.74, 6) is -0.154. The molecule has 0 saturated heterocycles. The second-order valence-electron chi connectivity index (χ2n) is 4.45. The number of carbonyl (C=O) groups is 2. The number of benzene rings is 2. The first kappa shape index (κ1) is 15.3. The van der Waals surface area contributed by atoms with E-state index in [0.717, 1.165) is 23.5 Å². The molecule has 0 aromatic heterocycles. The van der Waals surface area contributed by atoms with Crippen molar-refractivity contribution in [1.29, 1.82) is 0 Å². The normalized spacial score (nSPS) is 10.4. The van der Waals surface area contributed by atoms with Gasteiger partial charge in [0.05, 0.1) is 0 Å². The molecule has 0 aliphatic rings. The Bertz CT molecular complexity index is 663. The van der Waals surface area contributed by atoms with E-state index >= 15 is 0 Å². The first-order chi connectivity index (χ1) is 10.6.